The van der Waals surface area contributed by atoms with Gasteiger partial charge in [-0.3, -0.25) is 4.79 Å². The van der Waals surface area contributed by atoms with Crippen molar-refractivity contribution in [2.24, 2.45) is 5.41 Å². The van der Waals surface area contributed by atoms with E-state index in [1.807, 2.05) is 30.3 Å². The van der Waals surface area contributed by atoms with Gasteiger partial charge in [-0.05, 0) is 36.5 Å². The molecule has 6 nitrogen and oxygen atoms in total. The number of rotatable bonds is 7. The number of aliphatic hydroxyl groups is 1. The molecule has 2 N–H and O–H groups in total. The minimum atomic E-state index is -0.264. The molecule has 3 rings (SSSR count). The second kappa shape index (κ2) is 6.41. The van der Waals surface area contributed by atoms with Crippen LogP contribution in [-0.4, -0.2) is 33.8 Å². The molecule has 116 valence electrons. The minimum Gasteiger partial charge on any atom is -0.488 e. The van der Waals surface area contributed by atoms with E-state index in [0.717, 1.165) is 30.1 Å². The Balaban J connectivity index is 1.58. The third kappa shape index (κ3) is 3.42. The molecule has 0 atom stereocenters. The van der Waals surface area contributed by atoms with Crippen molar-refractivity contribution in [3.8, 4) is 5.75 Å². The zero-order chi connectivity index (χ0) is 15.4. The Morgan fingerprint density at radius 2 is 2.14 bits per heavy atom. The van der Waals surface area contributed by atoms with Crippen LogP contribution in [0.3, 0.4) is 0 Å². The Hall–Kier alpha value is -1.99. The van der Waals surface area contributed by atoms with Gasteiger partial charge < -0.3 is 15.2 Å². The number of nitrogens with zero attached hydrogens (tertiary/aromatic N) is 2. The molecule has 0 unspecified atom stereocenters. The summed E-state index contributed by atoms with van der Waals surface area (Å²) in [6, 6.07) is 9.39. The van der Waals surface area contributed by atoms with Gasteiger partial charge in [-0.2, -0.15) is 0 Å². The molecule has 0 radical (unpaired) electrons. The predicted octanol–water partition coefficient (Wildman–Crippen LogP) is 1.62. The molecule has 0 bridgehead atoms. The van der Waals surface area contributed by atoms with Crippen LogP contribution < -0.4 is 10.1 Å². The van der Waals surface area contributed by atoms with Crippen LogP contribution in [-0.2, 0) is 6.61 Å². The van der Waals surface area contributed by atoms with Crippen LogP contribution in [0, 0.1) is 5.41 Å². The quantitative estimate of drug-likeness (QED) is 0.810. The summed E-state index contributed by atoms with van der Waals surface area (Å²) in [5, 5.41) is 16.0. The number of hydrogen-bond acceptors (Lipinski definition) is 6. The molecule has 0 aliphatic heterocycles. The number of benzene rings is 1. The first-order valence-corrected chi connectivity index (χ1v) is 7.88. The summed E-state index contributed by atoms with van der Waals surface area (Å²) in [6.45, 7) is 0.834. The van der Waals surface area contributed by atoms with Crippen molar-refractivity contribution in [1.29, 1.82) is 0 Å². The average molecular weight is 319 g/mol. The zero-order valence-electron chi connectivity index (χ0n) is 12.0. The number of nitrogens with one attached hydrogen (secondary N) is 1. The van der Waals surface area contributed by atoms with Gasteiger partial charge in [0.25, 0.3) is 5.91 Å². The number of carbonyl (C=O) groups excluding carboxylic acids is 1. The van der Waals surface area contributed by atoms with Crippen LogP contribution in [0.4, 0.5) is 0 Å². The molecule has 7 heteroatoms. The van der Waals surface area contributed by atoms with Crippen molar-refractivity contribution in [2.45, 2.75) is 19.4 Å². The highest BCUT2D eigenvalue weighted by molar-refractivity contribution is 7.05. The Morgan fingerprint density at radius 1 is 1.36 bits per heavy atom. The fourth-order valence-corrected chi connectivity index (χ4v) is 2.61. The Labute approximate surface area is 132 Å². The Morgan fingerprint density at radius 3 is 2.82 bits per heavy atom. The topological polar surface area (TPSA) is 84.3 Å². The number of hydrogen-bond donors (Lipinski definition) is 2. The predicted molar refractivity (Wildman–Crippen MR) is 81.8 cm³/mol. The van der Waals surface area contributed by atoms with Gasteiger partial charge in [0.05, 0.1) is 11.5 Å². The molecule has 1 fully saturated rings. The second-order valence-electron chi connectivity index (χ2n) is 5.49. The first kappa shape index (κ1) is 14.9. The van der Waals surface area contributed by atoms with Crippen molar-refractivity contribution in [3.63, 3.8) is 0 Å². The summed E-state index contributed by atoms with van der Waals surface area (Å²) in [7, 11) is 0. The van der Waals surface area contributed by atoms with Gasteiger partial charge in [0.1, 0.15) is 12.4 Å². The SMILES string of the molecule is O=C(NCC1(CO)CC1)c1nnsc1COc1ccccc1. The third-order valence-electron chi connectivity index (χ3n) is 3.80. The van der Waals surface area contributed by atoms with Crippen LogP contribution in [0.25, 0.3) is 0 Å². The van der Waals surface area contributed by atoms with E-state index in [2.05, 4.69) is 14.9 Å². The molecular weight excluding hydrogens is 302 g/mol. The highest BCUT2D eigenvalue weighted by atomic mass is 32.1. The van der Waals surface area contributed by atoms with E-state index in [0.29, 0.717) is 17.1 Å². The molecule has 1 aliphatic carbocycles. The van der Waals surface area contributed by atoms with E-state index < -0.39 is 0 Å². The van der Waals surface area contributed by atoms with E-state index in [1.165, 1.54) is 0 Å². The lowest BCUT2D eigenvalue weighted by Gasteiger charge is -2.12. The van der Waals surface area contributed by atoms with Gasteiger partial charge in [-0.1, -0.05) is 22.7 Å². The maximum absolute atomic E-state index is 12.2. The van der Waals surface area contributed by atoms with Crippen LogP contribution in [0.2, 0.25) is 0 Å². The fraction of sp³-hybridized carbons (Fsp3) is 0.400. The first-order chi connectivity index (χ1) is 10.7. The summed E-state index contributed by atoms with van der Waals surface area (Å²) in [5.74, 6) is 0.472. The number of amides is 1. The Kier molecular flexibility index (Phi) is 4.35. The third-order valence-corrected chi connectivity index (χ3v) is 4.50. The first-order valence-electron chi connectivity index (χ1n) is 7.11. The van der Waals surface area contributed by atoms with Crippen molar-refractivity contribution in [2.75, 3.05) is 13.2 Å². The van der Waals surface area contributed by atoms with Crippen molar-refractivity contribution >= 4 is 17.4 Å². The van der Waals surface area contributed by atoms with Gasteiger partial charge in [0.2, 0.25) is 0 Å². The molecule has 22 heavy (non-hydrogen) atoms. The van der Waals surface area contributed by atoms with Crippen LogP contribution in [0.1, 0.15) is 28.2 Å². The highest BCUT2D eigenvalue weighted by Crippen LogP contribution is 2.44. The highest BCUT2D eigenvalue weighted by Gasteiger charge is 2.42. The minimum absolute atomic E-state index is 0.104. The lowest BCUT2D eigenvalue weighted by molar-refractivity contribution is 0.0928. The fourth-order valence-electron chi connectivity index (χ4n) is 2.06. The summed E-state index contributed by atoms with van der Waals surface area (Å²) >= 11 is 1.16. The van der Waals surface area contributed by atoms with E-state index in [9.17, 15) is 9.90 Å². The van der Waals surface area contributed by atoms with Crippen molar-refractivity contribution in [3.05, 3.63) is 40.9 Å². The summed E-state index contributed by atoms with van der Waals surface area (Å²) in [6.07, 6.45) is 1.89. The van der Waals surface area contributed by atoms with Gasteiger partial charge in [0, 0.05) is 12.0 Å². The zero-order valence-corrected chi connectivity index (χ0v) is 12.8. The molecule has 0 spiro atoms. The van der Waals surface area contributed by atoms with Crippen molar-refractivity contribution < 1.29 is 14.6 Å². The number of aliphatic hydroxyl groups excluding tert-OH is 1. The standard InChI is InChI=1S/C15H17N3O3S/c19-10-15(6-7-15)9-16-14(20)13-12(22-18-17-13)8-21-11-4-2-1-3-5-11/h1-5,19H,6-10H2,(H,16,20). The Bertz CT molecular complexity index is 640. The number of carbonyl (C=O) groups is 1. The van der Waals surface area contributed by atoms with E-state index in [1.54, 1.807) is 0 Å². The van der Waals surface area contributed by atoms with Crippen LogP contribution >= 0.6 is 11.5 Å². The molecule has 1 amide bonds. The van der Waals surface area contributed by atoms with Crippen molar-refractivity contribution in [1.82, 2.24) is 14.9 Å². The van der Waals surface area contributed by atoms with Crippen LogP contribution in [0.15, 0.2) is 30.3 Å². The molecule has 1 heterocycles. The summed E-state index contributed by atoms with van der Waals surface area (Å²) in [5.41, 5.74) is 0.175. The summed E-state index contributed by atoms with van der Waals surface area (Å²) < 4.78 is 9.47. The van der Waals surface area contributed by atoms with Gasteiger partial charge in [-0.25, -0.2) is 0 Å². The largest absolute Gasteiger partial charge is 0.488 e. The maximum atomic E-state index is 12.2. The molecule has 1 aromatic heterocycles. The molecular formula is C15H17N3O3S. The lowest BCUT2D eigenvalue weighted by atomic mass is 10.1. The van der Waals surface area contributed by atoms with Gasteiger partial charge >= 0.3 is 0 Å². The van der Waals surface area contributed by atoms with Gasteiger partial charge in [-0.15, -0.1) is 5.10 Å². The van der Waals surface area contributed by atoms with E-state index in [-0.39, 0.29) is 24.5 Å². The second-order valence-corrected chi connectivity index (χ2v) is 6.33. The van der Waals surface area contributed by atoms with Crippen LogP contribution in [0.5, 0.6) is 5.75 Å². The molecule has 2 aromatic rings. The normalized spacial score (nSPS) is 15.3. The molecule has 0 saturated heterocycles. The summed E-state index contributed by atoms with van der Waals surface area (Å²) in [4.78, 5) is 12.9. The lowest BCUT2D eigenvalue weighted by Crippen LogP contribution is -2.32. The number of ether oxygens (including phenoxy) is 1. The monoisotopic (exact) mass is 319 g/mol. The van der Waals surface area contributed by atoms with Gasteiger partial charge in [0.15, 0.2) is 5.69 Å². The average Bonchev–Trinajstić information content (AvgIpc) is 3.20. The van der Waals surface area contributed by atoms with E-state index >= 15 is 0 Å². The smallest absolute Gasteiger partial charge is 0.273 e. The van der Waals surface area contributed by atoms with E-state index in [4.69, 9.17) is 4.74 Å². The molecule has 1 aromatic carbocycles. The molecule has 1 saturated carbocycles. The number of aromatic nitrogens is 2. The number of para-hydroxylation sites is 1. The molecule has 1 aliphatic rings. The maximum Gasteiger partial charge on any atom is 0.273 e.